The van der Waals surface area contributed by atoms with E-state index in [9.17, 15) is 0 Å². The van der Waals surface area contributed by atoms with Crippen LogP contribution in [0.3, 0.4) is 0 Å². The lowest BCUT2D eigenvalue weighted by Crippen LogP contribution is -2.49. The molecule has 1 aromatic carbocycles. The number of anilines is 1. The van der Waals surface area contributed by atoms with Crippen LogP contribution >= 0.6 is 12.2 Å². The van der Waals surface area contributed by atoms with Gasteiger partial charge in [0.25, 0.3) is 5.17 Å². The summed E-state index contributed by atoms with van der Waals surface area (Å²) in [7, 11) is 1.93. The number of thiocarbonyl (C=S) groups is 1. The Labute approximate surface area is 217 Å². The van der Waals surface area contributed by atoms with Crippen LogP contribution in [0.25, 0.3) is 0 Å². The van der Waals surface area contributed by atoms with Crippen molar-refractivity contribution in [3.8, 4) is 0 Å². The van der Waals surface area contributed by atoms with Crippen molar-refractivity contribution in [3.63, 3.8) is 0 Å². The zero-order valence-corrected chi connectivity index (χ0v) is 22.6. The van der Waals surface area contributed by atoms with Crippen LogP contribution in [0.2, 0.25) is 0 Å². The number of fused-ring (bicyclic) bond motifs is 2. The molecule has 192 valence electrons. The maximum Gasteiger partial charge on any atom is 0.259 e. The molecule has 0 bridgehead atoms. The molecule has 6 nitrogen and oxygen atoms in total. The van der Waals surface area contributed by atoms with Crippen molar-refractivity contribution in [2.75, 3.05) is 57.8 Å². The number of ether oxygens (including phenoxy) is 1. The Morgan fingerprint density at radius 1 is 1.03 bits per heavy atom. The summed E-state index contributed by atoms with van der Waals surface area (Å²) in [6.07, 6.45) is 8.12. The van der Waals surface area contributed by atoms with Crippen molar-refractivity contribution in [2.24, 2.45) is 0 Å². The van der Waals surface area contributed by atoms with Crippen molar-refractivity contribution < 1.29 is 4.74 Å². The summed E-state index contributed by atoms with van der Waals surface area (Å²) in [5, 5.41) is 7.03. The zero-order valence-electron chi connectivity index (χ0n) is 21.8. The number of nitrogens with zero attached hydrogens (tertiary/aromatic N) is 3. The topological polar surface area (TPSA) is 52.7 Å². The van der Waals surface area contributed by atoms with Crippen molar-refractivity contribution in [1.29, 1.82) is 0 Å². The quantitative estimate of drug-likeness (QED) is 0.623. The molecule has 2 N–H and O–H groups in total. The molecule has 1 aromatic heterocycles. The van der Waals surface area contributed by atoms with Gasteiger partial charge in [0.1, 0.15) is 0 Å². The smallest absolute Gasteiger partial charge is 0.259 e. The van der Waals surface area contributed by atoms with Gasteiger partial charge in [-0.25, -0.2) is 0 Å². The van der Waals surface area contributed by atoms with E-state index in [1.165, 1.54) is 53.8 Å². The maximum atomic E-state index is 5.44. The molecule has 1 aliphatic carbocycles. The lowest BCUT2D eigenvalue weighted by molar-refractivity contribution is 0.247. The number of pyridine rings is 1. The summed E-state index contributed by atoms with van der Waals surface area (Å²) in [6.45, 7) is 11.8. The molecule has 0 atom stereocenters. The van der Waals surface area contributed by atoms with Crippen molar-refractivity contribution >= 4 is 23.1 Å². The molecular formula is C28H43N5OS. The first-order valence-corrected chi connectivity index (χ1v) is 13.6. The molecule has 1 saturated heterocycles. The van der Waals surface area contributed by atoms with Gasteiger partial charge in [0.2, 0.25) is 0 Å². The zero-order chi connectivity index (χ0) is 24.9. The van der Waals surface area contributed by atoms with Gasteiger partial charge in [0.05, 0.1) is 6.61 Å². The average Bonchev–Trinajstić information content (AvgIpc) is 2.93. The van der Waals surface area contributed by atoms with Crippen LogP contribution in [-0.4, -0.2) is 68.0 Å². The standard InChI is InChI=1S/C16H23N3OS.C9H11N.C3H9N/c1-2-20-16(21)19-10-8-18(9-11-19)15-5-3-4-13-12-17-7-6-14(13)15;1-2-6-9-8(4-1)5-3-7-10-9;1-3-4-2/h3-5,17H,2,6-12H2,1H3;3,5,7H,1-2,4,6H2;4H,3H2,1-2H3. The summed E-state index contributed by atoms with van der Waals surface area (Å²) in [5.41, 5.74) is 7.18. The second kappa shape index (κ2) is 15.0. The van der Waals surface area contributed by atoms with Crippen LogP contribution < -0.4 is 15.5 Å². The van der Waals surface area contributed by atoms with Crippen LogP contribution in [0.4, 0.5) is 5.69 Å². The van der Waals surface area contributed by atoms with E-state index in [-0.39, 0.29) is 0 Å². The number of hydrogen-bond acceptors (Lipinski definition) is 6. The lowest BCUT2D eigenvalue weighted by atomic mass is 9.96. The van der Waals surface area contributed by atoms with E-state index in [1.807, 2.05) is 26.2 Å². The number of aromatic nitrogens is 1. The van der Waals surface area contributed by atoms with E-state index in [0.717, 1.165) is 52.2 Å². The average molecular weight is 498 g/mol. The predicted octanol–water partition coefficient (Wildman–Crippen LogP) is 3.96. The van der Waals surface area contributed by atoms with Gasteiger partial charge in [-0.05, 0) is 100 Å². The Kier molecular flexibility index (Phi) is 11.7. The molecule has 3 heterocycles. The Morgan fingerprint density at radius 2 is 1.77 bits per heavy atom. The number of rotatable bonds is 3. The molecule has 7 heteroatoms. The Bertz CT molecular complexity index is 887. The van der Waals surface area contributed by atoms with Crippen LogP contribution in [0.5, 0.6) is 0 Å². The number of benzene rings is 1. The van der Waals surface area contributed by atoms with Crippen LogP contribution in [0.1, 0.15) is 49.1 Å². The molecule has 0 amide bonds. The highest BCUT2D eigenvalue weighted by Crippen LogP contribution is 2.27. The normalized spacial score (nSPS) is 16.5. The molecule has 2 aliphatic heterocycles. The van der Waals surface area contributed by atoms with Gasteiger partial charge in [0, 0.05) is 50.3 Å². The molecular weight excluding hydrogens is 454 g/mol. The monoisotopic (exact) mass is 497 g/mol. The van der Waals surface area contributed by atoms with Crippen molar-refractivity contribution in [1.82, 2.24) is 20.5 Å². The third kappa shape index (κ3) is 8.16. The highest BCUT2D eigenvalue weighted by molar-refractivity contribution is 7.80. The summed E-state index contributed by atoms with van der Waals surface area (Å²) in [4.78, 5) is 8.99. The summed E-state index contributed by atoms with van der Waals surface area (Å²) in [6, 6.07) is 10.9. The fourth-order valence-electron chi connectivity index (χ4n) is 4.68. The minimum absolute atomic E-state index is 0.649. The SMILES string of the molecule is CCNC.CCOC(=S)N1CCN(c2cccc3c2CCNC3)CC1.c1cnc2c(c1)CCCC2. The molecule has 0 radical (unpaired) electrons. The molecule has 3 aliphatic rings. The second-order valence-electron chi connectivity index (χ2n) is 9.04. The van der Waals surface area contributed by atoms with E-state index in [0.29, 0.717) is 11.8 Å². The fraction of sp³-hybridized carbons (Fsp3) is 0.571. The Hall–Kier alpha value is -2.22. The first-order valence-electron chi connectivity index (χ1n) is 13.2. The molecule has 0 spiro atoms. The number of aryl methyl sites for hydroxylation is 2. The molecule has 2 aromatic rings. The largest absolute Gasteiger partial charge is 0.471 e. The van der Waals surface area contributed by atoms with Crippen LogP contribution in [0, 0.1) is 0 Å². The summed E-state index contributed by atoms with van der Waals surface area (Å²) < 4.78 is 5.44. The van der Waals surface area contributed by atoms with E-state index in [4.69, 9.17) is 17.0 Å². The van der Waals surface area contributed by atoms with Gasteiger partial charge >= 0.3 is 0 Å². The molecule has 5 rings (SSSR count). The number of piperazine rings is 1. The van der Waals surface area contributed by atoms with Gasteiger partial charge in [0.15, 0.2) is 0 Å². The third-order valence-electron chi connectivity index (χ3n) is 6.71. The first kappa shape index (κ1) is 27.4. The third-order valence-corrected chi connectivity index (χ3v) is 7.09. The van der Waals surface area contributed by atoms with E-state index in [1.54, 1.807) is 0 Å². The maximum absolute atomic E-state index is 5.44. The van der Waals surface area contributed by atoms with Gasteiger partial charge in [-0.3, -0.25) is 4.98 Å². The van der Waals surface area contributed by atoms with Crippen LogP contribution in [0.15, 0.2) is 36.5 Å². The molecule has 35 heavy (non-hydrogen) atoms. The van der Waals surface area contributed by atoms with E-state index < -0.39 is 0 Å². The molecule has 1 fully saturated rings. The fourth-order valence-corrected chi connectivity index (χ4v) is 4.99. The summed E-state index contributed by atoms with van der Waals surface area (Å²) in [5.74, 6) is 0. The van der Waals surface area contributed by atoms with E-state index >= 15 is 0 Å². The Morgan fingerprint density at radius 3 is 2.49 bits per heavy atom. The highest BCUT2D eigenvalue weighted by Gasteiger charge is 2.23. The lowest BCUT2D eigenvalue weighted by Gasteiger charge is -2.38. The number of hydrogen-bond donors (Lipinski definition) is 2. The molecule has 0 saturated carbocycles. The van der Waals surface area contributed by atoms with Crippen molar-refractivity contribution in [3.05, 3.63) is 58.9 Å². The molecule has 0 unspecified atom stereocenters. The van der Waals surface area contributed by atoms with Crippen LogP contribution in [-0.2, 0) is 30.5 Å². The highest BCUT2D eigenvalue weighted by atomic mass is 32.1. The first-order chi connectivity index (χ1) is 17.2. The van der Waals surface area contributed by atoms with Gasteiger partial charge in [-0.15, -0.1) is 0 Å². The van der Waals surface area contributed by atoms with Crippen molar-refractivity contribution in [2.45, 2.75) is 52.5 Å². The summed E-state index contributed by atoms with van der Waals surface area (Å²) >= 11 is 5.30. The minimum Gasteiger partial charge on any atom is -0.471 e. The van der Waals surface area contributed by atoms with Gasteiger partial charge < -0.3 is 25.2 Å². The number of nitrogens with one attached hydrogen (secondary N) is 2. The minimum atomic E-state index is 0.649. The Balaban J connectivity index is 0.000000202. The van der Waals surface area contributed by atoms with Gasteiger partial charge in [-0.1, -0.05) is 25.1 Å². The van der Waals surface area contributed by atoms with E-state index in [2.05, 4.69) is 56.6 Å². The second-order valence-corrected chi connectivity index (χ2v) is 9.39. The van der Waals surface area contributed by atoms with Gasteiger partial charge in [-0.2, -0.15) is 0 Å². The predicted molar refractivity (Wildman–Crippen MR) is 150 cm³/mol.